The second kappa shape index (κ2) is 6.54. The van der Waals surface area contributed by atoms with Crippen LogP contribution in [0.2, 0.25) is 0 Å². The van der Waals surface area contributed by atoms with Crippen molar-refractivity contribution >= 4 is 34.6 Å². The number of carbonyl (C=O) groups excluding carboxylic acids is 1. The highest BCUT2D eigenvalue weighted by Gasteiger charge is 2.12. The molecule has 0 aliphatic rings. The van der Waals surface area contributed by atoms with Gasteiger partial charge in [0.05, 0.1) is 12.7 Å². The molecule has 1 aromatic carbocycles. The largest absolute Gasteiger partial charge is 0.465 e. The normalized spacial score (nSPS) is 11.4. The van der Waals surface area contributed by atoms with E-state index >= 15 is 0 Å². The number of carbonyl (C=O) groups is 1. The van der Waals surface area contributed by atoms with Crippen molar-refractivity contribution in [2.24, 2.45) is 0 Å². The first kappa shape index (κ1) is 13.8. The van der Waals surface area contributed by atoms with Crippen molar-refractivity contribution < 1.29 is 13.9 Å². The molecule has 0 atom stereocenters. The Balaban J connectivity index is 2.21. The van der Waals surface area contributed by atoms with Crippen LogP contribution in [0.25, 0.3) is 5.57 Å². The number of rotatable bonds is 4. The molecule has 2 rings (SSSR count). The molecule has 98 valence electrons. The molecule has 5 heteroatoms. The van der Waals surface area contributed by atoms with Crippen LogP contribution in [0.1, 0.15) is 5.56 Å². The Bertz CT molecular complexity index is 574. The molecular formula is C14H11FO2S2. The minimum Gasteiger partial charge on any atom is -0.465 e. The number of halogens is 1. The number of hydrogen-bond donors (Lipinski definition) is 0. The monoisotopic (exact) mass is 294 g/mol. The summed E-state index contributed by atoms with van der Waals surface area (Å²) in [6.07, 6.45) is 0. The van der Waals surface area contributed by atoms with Gasteiger partial charge in [-0.25, -0.2) is 9.18 Å². The molecule has 0 N–H and O–H groups in total. The molecule has 0 saturated carbocycles. The van der Waals surface area contributed by atoms with Gasteiger partial charge < -0.3 is 4.74 Å². The molecule has 0 saturated heterocycles. The zero-order valence-corrected chi connectivity index (χ0v) is 11.8. The highest BCUT2D eigenvalue weighted by atomic mass is 32.2. The van der Waals surface area contributed by atoms with Crippen LogP contribution >= 0.6 is 23.1 Å². The number of methoxy groups -OCH3 is 1. The summed E-state index contributed by atoms with van der Waals surface area (Å²) in [5.74, 6) is -0.660. The fraction of sp³-hybridized carbons (Fsp3) is 0.0714. The highest BCUT2D eigenvalue weighted by Crippen LogP contribution is 2.27. The molecule has 1 heterocycles. The van der Waals surface area contributed by atoms with Crippen molar-refractivity contribution in [1.82, 2.24) is 0 Å². The van der Waals surface area contributed by atoms with Crippen molar-refractivity contribution in [3.63, 3.8) is 0 Å². The van der Waals surface area contributed by atoms with Crippen LogP contribution in [0.5, 0.6) is 0 Å². The number of esters is 1. The maximum absolute atomic E-state index is 12.8. The van der Waals surface area contributed by atoms with Gasteiger partial charge in [-0.2, -0.15) is 11.3 Å². The number of thiophene rings is 1. The molecule has 0 aliphatic heterocycles. The fourth-order valence-corrected chi connectivity index (χ4v) is 2.84. The standard InChI is InChI=1S/C14H11FO2S2/c1-17-14(16)13(10-6-7-18-8-10)9-19-12-4-2-11(15)3-5-12/h2-9H,1H3. The quantitative estimate of drug-likeness (QED) is 0.480. The molecule has 0 amide bonds. The summed E-state index contributed by atoms with van der Waals surface area (Å²) in [7, 11) is 1.35. The highest BCUT2D eigenvalue weighted by molar-refractivity contribution is 8.02. The van der Waals surface area contributed by atoms with Gasteiger partial charge in [0.2, 0.25) is 0 Å². The van der Waals surface area contributed by atoms with Crippen LogP contribution in [0.15, 0.2) is 51.4 Å². The molecule has 2 aromatic rings. The van der Waals surface area contributed by atoms with Crippen LogP contribution < -0.4 is 0 Å². The Kier molecular flexibility index (Phi) is 4.76. The lowest BCUT2D eigenvalue weighted by Crippen LogP contribution is -2.02. The van der Waals surface area contributed by atoms with Crippen molar-refractivity contribution in [1.29, 1.82) is 0 Å². The van der Waals surface area contributed by atoms with Gasteiger partial charge in [-0.1, -0.05) is 11.8 Å². The van der Waals surface area contributed by atoms with Crippen molar-refractivity contribution in [3.8, 4) is 0 Å². The topological polar surface area (TPSA) is 26.3 Å². The van der Waals surface area contributed by atoms with Gasteiger partial charge in [-0.15, -0.1) is 0 Å². The Morgan fingerprint density at radius 1 is 1.32 bits per heavy atom. The smallest absolute Gasteiger partial charge is 0.339 e. The number of hydrogen-bond acceptors (Lipinski definition) is 4. The Morgan fingerprint density at radius 3 is 2.63 bits per heavy atom. The molecule has 0 aliphatic carbocycles. The average molecular weight is 294 g/mol. The Hall–Kier alpha value is -1.59. The Labute approximate surface area is 118 Å². The van der Waals surface area contributed by atoms with E-state index in [9.17, 15) is 9.18 Å². The van der Waals surface area contributed by atoms with E-state index in [0.29, 0.717) is 5.57 Å². The van der Waals surface area contributed by atoms with Gasteiger partial charge in [-0.05, 0) is 46.5 Å². The van der Waals surface area contributed by atoms with Gasteiger partial charge in [0.1, 0.15) is 5.82 Å². The first-order chi connectivity index (χ1) is 9.20. The van der Waals surface area contributed by atoms with E-state index in [1.165, 1.54) is 42.3 Å². The summed E-state index contributed by atoms with van der Waals surface area (Å²) in [4.78, 5) is 12.6. The number of benzene rings is 1. The molecule has 0 spiro atoms. The molecule has 19 heavy (non-hydrogen) atoms. The summed E-state index contributed by atoms with van der Waals surface area (Å²) in [6, 6.07) is 7.97. The zero-order valence-electron chi connectivity index (χ0n) is 10.1. The second-order valence-corrected chi connectivity index (χ2v) is 5.33. The minimum atomic E-state index is -0.381. The van der Waals surface area contributed by atoms with Crippen LogP contribution in [0, 0.1) is 5.82 Å². The molecule has 1 aromatic heterocycles. The van der Waals surface area contributed by atoms with Gasteiger partial charge in [0.15, 0.2) is 0 Å². The molecular weight excluding hydrogens is 283 g/mol. The summed E-state index contributed by atoms with van der Waals surface area (Å²) >= 11 is 2.87. The first-order valence-electron chi connectivity index (χ1n) is 5.44. The molecule has 2 nitrogen and oxygen atoms in total. The lowest BCUT2D eigenvalue weighted by atomic mass is 10.2. The molecule has 0 bridgehead atoms. The first-order valence-corrected chi connectivity index (χ1v) is 7.26. The van der Waals surface area contributed by atoms with E-state index < -0.39 is 0 Å². The summed E-state index contributed by atoms with van der Waals surface area (Å²) in [5, 5.41) is 5.50. The van der Waals surface area contributed by atoms with Gasteiger partial charge in [0, 0.05) is 10.5 Å². The van der Waals surface area contributed by atoms with E-state index in [1.807, 2.05) is 16.8 Å². The van der Waals surface area contributed by atoms with E-state index in [1.54, 1.807) is 17.5 Å². The maximum Gasteiger partial charge on any atom is 0.339 e. The molecule has 0 unspecified atom stereocenters. The van der Waals surface area contributed by atoms with Gasteiger partial charge in [0.25, 0.3) is 0 Å². The van der Waals surface area contributed by atoms with E-state index in [0.717, 1.165) is 10.5 Å². The summed E-state index contributed by atoms with van der Waals surface area (Å²) < 4.78 is 17.6. The van der Waals surface area contributed by atoms with Crippen LogP contribution in [0.4, 0.5) is 4.39 Å². The van der Waals surface area contributed by atoms with Gasteiger partial charge >= 0.3 is 5.97 Å². The third kappa shape index (κ3) is 3.68. The fourth-order valence-electron chi connectivity index (χ4n) is 1.40. The van der Waals surface area contributed by atoms with E-state index in [2.05, 4.69) is 0 Å². The van der Waals surface area contributed by atoms with Crippen LogP contribution in [-0.4, -0.2) is 13.1 Å². The maximum atomic E-state index is 12.8. The predicted molar refractivity (Wildman–Crippen MR) is 76.6 cm³/mol. The lowest BCUT2D eigenvalue weighted by Gasteiger charge is -2.03. The molecule has 0 radical (unpaired) electrons. The SMILES string of the molecule is COC(=O)C(=CSc1ccc(F)cc1)c1ccsc1. The minimum absolute atomic E-state index is 0.278. The van der Waals surface area contributed by atoms with Gasteiger partial charge in [-0.3, -0.25) is 0 Å². The van der Waals surface area contributed by atoms with Crippen LogP contribution in [-0.2, 0) is 9.53 Å². The lowest BCUT2D eigenvalue weighted by molar-refractivity contribution is -0.133. The van der Waals surface area contributed by atoms with Crippen molar-refractivity contribution in [2.75, 3.05) is 7.11 Å². The van der Waals surface area contributed by atoms with Crippen LogP contribution in [0.3, 0.4) is 0 Å². The average Bonchev–Trinajstić information content (AvgIpc) is 2.94. The second-order valence-electron chi connectivity index (χ2n) is 3.61. The summed E-state index contributed by atoms with van der Waals surface area (Å²) in [5.41, 5.74) is 1.32. The van der Waals surface area contributed by atoms with E-state index in [-0.39, 0.29) is 11.8 Å². The third-order valence-corrected chi connectivity index (χ3v) is 3.95. The summed E-state index contributed by atoms with van der Waals surface area (Å²) in [6.45, 7) is 0. The van der Waals surface area contributed by atoms with Crippen molar-refractivity contribution in [2.45, 2.75) is 4.90 Å². The predicted octanol–water partition coefficient (Wildman–Crippen LogP) is 4.19. The Morgan fingerprint density at radius 2 is 2.05 bits per heavy atom. The van der Waals surface area contributed by atoms with E-state index in [4.69, 9.17) is 4.74 Å². The third-order valence-electron chi connectivity index (χ3n) is 2.36. The zero-order chi connectivity index (χ0) is 13.7. The molecule has 0 fully saturated rings. The number of ether oxygens (including phenoxy) is 1. The number of thioether (sulfide) groups is 1. The van der Waals surface area contributed by atoms with Crippen molar-refractivity contribution in [3.05, 3.63) is 57.9 Å².